The van der Waals surface area contributed by atoms with E-state index in [9.17, 15) is 5.11 Å². The van der Waals surface area contributed by atoms with E-state index in [1.165, 1.54) is 31.3 Å². The van der Waals surface area contributed by atoms with E-state index in [0.29, 0.717) is 0 Å². The highest BCUT2D eigenvalue weighted by Gasteiger charge is 2.03. The van der Waals surface area contributed by atoms with Crippen LogP contribution in [0, 0.1) is 0 Å². The van der Waals surface area contributed by atoms with Gasteiger partial charge in [-0.05, 0) is 38.2 Å². The maximum Gasteiger partial charge on any atom is 0.0647 e. The van der Waals surface area contributed by atoms with Gasteiger partial charge in [0.05, 0.1) is 6.61 Å². The van der Waals surface area contributed by atoms with Gasteiger partial charge in [-0.3, -0.25) is 0 Å². The van der Waals surface area contributed by atoms with Crippen LogP contribution in [0.4, 0.5) is 0 Å². The zero-order valence-electron chi connectivity index (χ0n) is 11.5. The molecule has 0 aromatic rings. The fourth-order valence-electron chi connectivity index (χ4n) is 1.94. The second-order valence-electron chi connectivity index (χ2n) is 4.44. The summed E-state index contributed by atoms with van der Waals surface area (Å²) < 4.78 is 0. The van der Waals surface area contributed by atoms with Crippen molar-refractivity contribution in [3.05, 3.63) is 36.0 Å². The molecular formula is C16H28O. The highest BCUT2D eigenvalue weighted by atomic mass is 16.3. The standard InChI is InChI=1S/C16H28O/c1-4-7-9-10-13-15(12-8-5-2)16(14-17)11-6-3/h5-6,8,17H,3-4,7,9-14H2,1-2H3/b8-5+,16-15-. The summed E-state index contributed by atoms with van der Waals surface area (Å²) in [6.45, 7) is 8.20. The van der Waals surface area contributed by atoms with Crippen molar-refractivity contribution >= 4 is 0 Å². The van der Waals surface area contributed by atoms with Gasteiger partial charge in [0, 0.05) is 0 Å². The van der Waals surface area contributed by atoms with Gasteiger partial charge in [0.15, 0.2) is 0 Å². The number of aliphatic hydroxyl groups is 1. The average molecular weight is 236 g/mol. The van der Waals surface area contributed by atoms with E-state index in [4.69, 9.17) is 0 Å². The Morgan fingerprint density at radius 2 is 1.88 bits per heavy atom. The van der Waals surface area contributed by atoms with Crippen LogP contribution in [0.5, 0.6) is 0 Å². The van der Waals surface area contributed by atoms with Crippen molar-refractivity contribution in [1.29, 1.82) is 0 Å². The highest BCUT2D eigenvalue weighted by Crippen LogP contribution is 2.20. The van der Waals surface area contributed by atoms with Crippen molar-refractivity contribution in [1.82, 2.24) is 0 Å². The lowest BCUT2D eigenvalue weighted by molar-refractivity contribution is 0.326. The molecular weight excluding hydrogens is 208 g/mol. The molecule has 0 aliphatic carbocycles. The number of unbranched alkanes of at least 4 members (excludes halogenated alkanes) is 3. The summed E-state index contributed by atoms with van der Waals surface area (Å²) in [6, 6.07) is 0. The Morgan fingerprint density at radius 3 is 2.41 bits per heavy atom. The van der Waals surface area contributed by atoms with E-state index in [1.807, 2.05) is 13.0 Å². The Kier molecular flexibility index (Phi) is 11.1. The molecule has 98 valence electrons. The molecule has 0 rings (SSSR count). The van der Waals surface area contributed by atoms with Crippen molar-refractivity contribution in [3.63, 3.8) is 0 Å². The molecule has 0 aromatic heterocycles. The topological polar surface area (TPSA) is 20.2 Å². The van der Waals surface area contributed by atoms with Crippen molar-refractivity contribution < 1.29 is 5.11 Å². The first-order valence-electron chi connectivity index (χ1n) is 6.82. The Hall–Kier alpha value is -0.820. The molecule has 17 heavy (non-hydrogen) atoms. The quantitative estimate of drug-likeness (QED) is 0.427. The predicted molar refractivity (Wildman–Crippen MR) is 77.1 cm³/mol. The largest absolute Gasteiger partial charge is 0.392 e. The summed E-state index contributed by atoms with van der Waals surface area (Å²) in [5, 5.41) is 9.40. The lowest BCUT2D eigenvalue weighted by atomic mass is 9.96. The first-order chi connectivity index (χ1) is 8.29. The lowest BCUT2D eigenvalue weighted by Gasteiger charge is -2.11. The van der Waals surface area contributed by atoms with Crippen LogP contribution in [-0.4, -0.2) is 11.7 Å². The Bertz CT molecular complexity index is 248. The van der Waals surface area contributed by atoms with E-state index in [-0.39, 0.29) is 6.61 Å². The maximum absolute atomic E-state index is 9.40. The molecule has 0 radical (unpaired) electrons. The number of allylic oxidation sites excluding steroid dienone is 4. The van der Waals surface area contributed by atoms with Gasteiger partial charge < -0.3 is 5.11 Å². The monoisotopic (exact) mass is 236 g/mol. The van der Waals surface area contributed by atoms with Gasteiger partial charge in [0.2, 0.25) is 0 Å². The van der Waals surface area contributed by atoms with Gasteiger partial charge in [0.1, 0.15) is 0 Å². The third-order valence-corrected chi connectivity index (χ3v) is 3.01. The molecule has 0 saturated carbocycles. The molecule has 0 unspecified atom stereocenters. The van der Waals surface area contributed by atoms with Crippen LogP contribution in [0.15, 0.2) is 36.0 Å². The molecule has 0 saturated heterocycles. The molecule has 0 atom stereocenters. The number of hydrogen-bond donors (Lipinski definition) is 1. The van der Waals surface area contributed by atoms with Crippen LogP contribution < -0.4 is 0 Å². The zero-order chi connectivity index (χ0) is 12.9. The minimum atomic E-state index is 0.173. The smallest absolute Gasteiger partial charge is 0.0647 e. The normalized spacial score (nSPS) is 12.9. The summed E-state index contributed by atoms with van der Waals surface area (Å²) >= 11 is 0. The lowest BCUT2D eigenvalue weighted by Crippen LogP contribution is -1.97. The summed E-state index contributed by atoms with van der Waals surface area (Å²) in [5.74, 6) is 0. The highest BCUT2D eigenvalue weighted by molar-refractivity contribution is 5.19. The molecule has 1 heteroatoms. The molecule has 0 fully saturated rings. The molecule has 0 aliphatic rings. The van der Waals surface area contributed by atoms with Gasteiger partial charge in [-0.1, -0.05) is 50.0 Å². The first-order valence-corrected chi connectivity index (χ1v) is 6.82. The molecule has 0 bridgehead atoms. The fraction of sp³-hybridized carbons (Fsp3) is 0.625. The van der Waals surface area contributed by atoms with Crippen LogP contribution in [0.2, 0.25) is 0 Å². The minimum Gasteiger partial charge on any atom is -0.392 e. The van der Waals surface area contributed by atoms with Crippen LogP contribution in [0.25, 0.3) is 0 Å². The SMILES string of the molecule is C=CC/C(CO)=C(\C/C=C/C)CCCCCC. The van der Waals surface area contributed by atoms with E-state index >= 15 is 0 Å². The van der Waals surface area contributed by atoms with Gasteiger partial charge in [-0.2, -0.15) is 0 Å². The zero-order valence-corrected chi connectivity index (χ0v) is 11.5. The summed E-state index contributed by atoms with van der Waals surface area (Å²) in [6.07, 6.45) is 14.2. The van der Waals surface area contributed by atoms with Gasteiger partial charge in [-0.15, -0.1) is 6.58 Å². The molecule has 0 heterocycles. The Balaban J connectivity index is 4.42. The van der Waals surface area contributed by atoms with Crippen LogP contribution in [-0.2, 0) is 0 Å². The van der Waals surface area contributed by atoms with E-state index in [0.717, 1.165) is 24.8 Å². The third-order valence-electron chi connectivity index (χ3n) is 3.01. The number of aliphatic hydroxyl groups excluding tert-OH is 1. The molecule has 1 N–H and O–H groups in total. The first kappa shape index (κ1) is 16.2. The van der Waals surface area contributed by atoms with Crippen molar-refractivity contribution in [3.8, 4) is 0 Å². The average Bonchev–Trinajstić information content (AvgIpc) is 2.35. The van der Waals surface area contributed by atoms with Crippen LogP contribution >= 0.6 is 0 Å². The van der Waals surface area contributed by atoms with E-state index in [1.54, 1.807) is 0 Å². The molecule has 0 spiro atoms. The minimum absolute atomic E-state index is 0.173. The summed E-state index contributed by atoms with van der Waals surface area (Å²) in [5.41, 5.74) is 2.57. The summed E-state index contributed by atoms with van der Waals surface area (Å²) in [4.78, 5) is 0. The van der Waals surface area contributed by atoms with Crippen molar-refractivity contribution in [2.24, 2.45) is 0 Å². The number of hydrogen-bond acceptors (Lipinski definition) is 1. The predicted octanol–water partition coefficient (Wildman–Crippen LogP) is 4.79. The van der Waals surface area contributed by atoms with Gasteiger partial charge in [0.25, 0.3) is 0 Å². The second kappa shape index (κ2) is 11.7. The molecule has 1 nitrogen and oxygen atoms in total. The maximum atomic E-state index is 9.40. The third kappa shape index (κ3) is 7.98. The summed E-state index contributed by atoms with van der Waals surface area (Å²) in [7, 11) is 0. The molecule has 0 aromatic carbocycles. The van der Waals surface area contributed by atoms with E-state index < -0.39 is 0 Å². The van der Waals surface area contributed by atoms with Crippen molar-refractivity contribution in [2.75, 3.05) is 6.61 Å². The van der Waals surface area contributed by atoms with Crippen LogP contribution in [0.1, 0.15) is 58.8 Å². The Morgan fingerprint density at radius 1 is 1.12 bits per heavy atom. The van der Waals surface area contributed by atoms with Gasteiger partial charge >= 0.3 is 0 Å². The fourth-order valence-corrected chi connectivity index (χ4v) is 1.94. The van der Waals surface area contributed by atoms with Gasteiger partial charge in [-0.25, -0.2) is 0 Å². The van der Waals surface area contributed by atoms with E-state index in [2.05, 4.69) is 25.7 Å². The number of rotatable bonds is 10. The Labute approximate surface area is 107 Å². The molecule has 0 aliphatic heterocycles. The van der Waals surface area contributed by atoms with Crippen LogP contribution in [0.3, 0.4) is 0 Å². The molecule has 0 amide bonds. The second-order valence-corrected chi connectivity index (χ2v) is 4.44. The van der Waals surface area contributed by atoms with Crippen molar-refractivity contribution in [2.45, 2.75) is 58.8 Å².